The number of nitrogens with zero attached hydrogens (tertiary/aromatic N) is 1. The lowest BCUT2D eigenvalue weighted by Gasteiger charge is -2.40. The van der Waals surface area contributed by atoms with Crippen LogP contribution in [0.15, 0.2) is 48.5 Å². The van der Waals surface area contributed by atoms with Crippen LogP contribution in [0.2, 0.25) is 0 Å². The van der Waals surface area contributed by atoms with E-state index in [0.717, 1.165) is 5.56 Å². The molecular formula is C15H12FNO2. The van der Waals surface area contributed by atoms with Gasteiger partial charge in [0.05, 0.1) is 12.5 Å². The molecule has 1 aliphatic rings. The van der Waals surface area contributed by atoms with E-state index in [2.05, 4.69) is 0 Å². The maximum absolute atomic E-state index is 12.9. The average molecular weight is 257 g/mol. The van der Waals surface area contributed by atoms with Crippen LogP contribution in [0, 0.1) is 5.82 Å². The first-order chi connectivity index (χ1) is 9.15. The number of aromatic hydroxyl groups is 1. The summed E-state index contributed by atoms with van der Waals surface area (Å²) in [4.78, 5) is 13.4. The van der Waals surface area contributed by atoms with E-state index in [-0.39, 0.29) is 23.5 Å². The Kier molecular flexibility index (Phi) is 2.71. The molecule has 1 amide bonds. The zero-order chi connectivity index (χ0) is 13.4. The third kappa shape index (κ3) is 2.05. The largest absolute Gasteiger partial charge is 0.508 e. The summed E-state index contributed by atoms with van der Waals surface area (Å²) in [6.07, 6.45) is 0.433. The molecule has 1 aliphatic heterocycles. The Balaban J connectivity index is 1.90. The Morgan fingerprint density at radius 1 is 1.05 bits per heavy atom. The molecule has 0 unspecified atom stereocenters. The van der Waals surface area contributed by atoms with E-state index in [4.69, 9.17) is 0 Å². The van der Waals surface area contributed by atoms with Crippen LogP contribution in [0.25, 0.3) is 0 Å². The highest BCUT2D eigenvalue weighted by Crippen LogP contribution is 2.39. The van der Waals surface area contributed by atoms with Gasteiger partial charge in [-0.2, -0.15) is 0 Å². The average Bonchev–Trinajstić information content (AvgIpc) is 2.40. The van der Waals surface area contributed by atoms with E-state index in [1.54, 1.807) is 41.3 Å². The Hall–Kier alpha value is -2.36. The molecule has 0 bridgehead atoms. The van der Waals surface area contributed by atoms with Crippen molar-refractivity contribution >= 4 is 11.6 Å². The zero-order valence-electron chi connectivity index (χ0n) is 10.1. The SMILES string of the molecule is O=C1C[C@H](c2ccc(O)cc2)N1c1ccc(F)cc1. The monoisotopic (exact) mass is 257 g/mol. The minimum absolute atomic E-state index is 0.0182. The fourth-order valence-corrected chi connectivity index (χ4v) is 2.31. The summed E-state index contributed by atoms with van der Waals surface area (Å²) in [5.41, 5.74) is 1.65. The summed E-state index contributed by atoms with van der Waals surface area (Å²) in [5, 5.41) is 9.27. The second-order valence-electron chi connectivity index (χ2n) is 4.55. The summed E-state index contributed by atoms with van der Waals surface area (Å²) in [7, 11) is 0. The molecule has 2 aromatic rings. The zero-order valence-corrected chi connectivity index (χ0v) is 10.1. The Bertz CT molecular complexity index is 607. The van der Waals surface area contributed by atoms with Crippen molar-refractivity contribution in [2.24, 2.45) is 0 Å². The number of hydrogen-bond donors (Lipinski definition) is 1. The van der Waals surface area contributed by atoms with Crippen LogP contribution in [0.5, 0.6) is 5.75 Å². The quantitative estimate of drug-likeness (QED) is 0.840. The van der Waals surface area contributed by atoms with Crippen molar-refractivity contribution in [2.45, 2.75) is 12.5 Å². The minimum Gasteiger partial charge on any atom is -0.508 e. The first-order valence-corrected chi connectivity index (χ1v) is 6.02. The maximum atomic E-state index is 12.9. The number of anilines is 1. The van der Waals surface area contributed by atoms with Gasteiger partial charge in [-0.25, -0.2) is 4.39 Å². The highest BCUT2D eigenvalue weighted by atomic mass is 19.1. The van der Waals surface area contributed by atoms with Crippen molar-refractivity contribution in [1.29, 1.82) is 0 Å². The van der Waals surface area contributed by atoms with E-state index in [1.807, 2.05) is 0 Å². The molecule has 1 fully saturated rings. The van der Waals surface area contributed by atoms with Gasteiger partial charge in [-0.15, -0.1) is 0 Å². The van der Waals surface area contributed by atoms with Crippen LogP contribution in [-0.2, 0) is 4.79 Å². The molecule has 3 rings (SSSR count). The second kappa shape index (κ2) is 4.39. The van der Waals surface area contributed by atoms with Crippen molar-refractivity contribution < 1.29 is 14.3 Å². The van der Waals surface area contributed by atoms with E-state index >= 15 is 0 Å². The van der Waals surface area contributed by atoms with Gasteiger partial charge in [-0.3, -0.25) is 4.79 Å². The number of phenols is 1. The van der Waals surface area contributed by atoms with Crippen molar-refractivity contribution in [2.75, 3.05) is 4.90 Å². The molecule has 1 atom stereocenters. The molecule has 0 aromatic heterocycles. The van der Waals surface area contributed by atoms with Gasteiger partial charge in [0.2, 0.25) is 5.91 Å². The molecule has 0 spiro atoms. The van der Waals surface area contributed by atoms with Gasteiger partial charge < -0.3 is 10.0 Å². The molecular weight excluding hydrogens is 245 g/mol. The minimum atomic E-state index is -0.321. The first kappa shape index (κ1) is 11.7. The molecule has 2 aromatic carbocycles. The Morgan fingerprint density at radius 2 is 1.68 bits per heavy atom. The van der Waals surface area contributed by atoms with Crippen LogP contribution < -0.4 is 4.90 Å². The standard InChI is InChI=1S/C15H12FNO2/c16-11-3-5-12(6-4-11)17-14(9-15(17)19)10-1-7-13(18)8-2-10/h1-8,14,18H,9H2/t14-/m1/s1. The van der Waals surface area contributed by atoms with Crippen molar-refractivity contribution in [3.05, 3.63) is 59.9 Å². The summed E-state index contributed by atoms with van der Waals surface area (Å²) < 4.78 is 12.9. The molecule has 1 heterocycles. The fraction of sp³-hybridized carbons (Fsp3) is 0.133. The summed E-state index contributed by atoms with van der Waals surface area (Å²) in [6.45, 7) is 0. The van der Waals surface area contributed by atoms with Crippen LogP contribution in [-0.4, -0.2) is 11.0 Å². The Morgan fingerprint density at radius 3 is 2.26 bits per heavy atom. The van der Waals surface area contributed by atoms with Crippen molar-refractivity contribution in [1.82, 2.24) is 0 Å². The number of amides is 1. The number of β-lactam (4-membered cyclic amide) rings is 1. The Labute approximate surface area is 109 Å². The van der Waals surface area contributed by atoms with Gasteiger partial charge in [0.15, 0.2) is 0 Å². The summed E-state index contributed by atoms with van der Waals surface area (Å²) >= 11 is 0. The highest BCUT2D eigenvalue weighted by Gasteiger charge is 2.38. The van der Waals surface area contributed by atoms with Gasteiger partial charge >= 0.3 is 0 Å². The third-order valence-corrected chi connectivity index (χ3v) is 3.33. The van der Waals surface area contributed by atoms with Gasteiger partial charge in [-0.05, 0) is 42.0 Å². The number of halogens is 1. The lowest BCUT2D eigenvalue weighted by atomic mass is 9.93. The summed E-state index contributed by atoms with van der Waals surface area (Å²) in [5.74, 6) is -0.106. The molecule has 3 nitrogen and oxygen atoms in total. The predicted octanol–water partition coefficient (Wildman–Crippen LogP) is 3.01. The summed E-state index contributed by atoms with van der Waals surface area (Å²) in [6, 6.07) is 12.6. The third-order valence-electron chi connectivity index (χ3n) is 3.33. The van der Waals surface area contributed by atoms with Gasteiger partial charge in [0, 0.05) is 5.69 Å². The predicted molar refractivity (Wildman–Crippen MR) is 69.4 cm³/mol. The lowest BCUT2D eigenvalue weighted by Crippen LogP contribution is -2.46. The first-order valence-electron chi connectivity index (χ1n) is 6.02. The molecule has 96 valence electrons. The maximum Gasteiger partial charge on any atom is 0.230 e. The number of carbonyl (C=O) groups is 1. The normalized spacial score (nSPS) is 18.3. The highest BCUT2D eigenvalue weighted by molar-refractivity contribution is 6.01. The van der Waals surface area contributed by atoms with Gasteiger partial charge in [-0.1, -0.05) is 12.1 Å². The number of phenolic OH excluding ortho intramolecular Hbond substituents is 1. The molecule has 1 saturated heterocycles. The van der Waals surface area contributed by atoms with E-state index in [9.17, 15) is 14.3 Å². The van der Waals surface area contributed by atoms with E-state index in [1.165, 1.54) is 12.1 Å². The van der Waals surface area contributed by atoms with Crippen LogP contribution in [0.4, 0.5) is 10.1 Å². The molecule has 0 saturated carbocycles. The van der Waals surface area contributed by atoms with E-state index < -0.39 is 0 Å². The van der Waals surface area contributed by atoms with Crippen LogP contribution in [0.1, 0.15) is 18.0 Å². The number of benzene rings is 2. The van der Waals surface area contributed by atoms with Crippen LogP contribution >= 0.6 is 0 Å². The molecule has 1 N–H and O–H groups in total. The lowest BCUT2D eigenvalue weighted by molar-refractivity contribution is -0.124. The smallest absolute Gasteiger partial charge is 0.230 e. The van der Waals surface area contributed by atoms with E-state index in [0.29, 0.717) is 12.1 Å². The molecule has 4 heteroatoms. The second-order valence-corrected chi connectivity index (χ2v) is 4.55. The van der Waals surface area contributed by atoms with Gasteiger partial charge in [0.25, 0.3) is 0 Å². The van der Waals surface area contributed by atoms with Crippen molar-refractivity contribution in [3.63, 3.8) is 0 Å². The van der Waals surface area contributed by atoms with Gasteiger partial charge in [0.1, 0.15) is 11.6 Å². The fourth-order valence-electron chi connectivity index (χ4n) is 2.31. The molecule has 0 radical (unpaired) electrons. The van der Waals surface area contributed by atoms with Crippen molar-refractivity contribution in [3.8, 4) is 5.75 Å². The number of carbonyl (C=O) groups excluding carboxylic acids is 1. The number of rotatable bonds is 2. The topological polar surface area (TPSA) is 40.5 Å². The van der Waals surface area contributed by atoms with Crippen LogP contribution in [0.3, 0.4) is 0 Å². The molecule has 0 aliphatic carbocycles. The number of hydrogen-bond acceptors (Lipinski definition) is 2. The molecule has 19 heavy (non-hydrogen) atoms.